The molecule has 1 aromatic heterocycles. The van der Waals surface area contributed by atoms with Gasteiger partial charge in [-0.15, -0.1) is 11.8 Å². The Labute approximate surface area is 153 Å². The molecule has 3 rings (SSSR count). The first-order valence-electron chi connectivity index (χ1n) is 6.29. The fourth-order valence-electron chi connectivity index (χ4n) is 2.31. The van der Waals surface area contributed by atoms with Crippen LogP contribution in [-0.2, 0) is 11.8 Å². The molecule has 0 spiro atoms. The summed E-state index contributed by atoms with van der Waals surface area (Å²) in [5, 5.41) is 0.0519. The number of carbonyl (C=O) groups is 1. The maximum Gasteiger partial charge on any atom is 0.238 e. The van der Waals surface area contributed by atoms with Gasteiger partial charge in [-0.05, 0) is 30.3 Å². The molecule has 6 heteroatoms. The third kappa shape index (κ3) is 3.60. The van der Waals surface area contributed by atoms with Crippen LogP contribution in [0.2, 0.25) is 0 Å². The van der Waals surface area contributed by atoms with Crippen LogP contribution in [0.5, 0.6) is 0 Å². The molecule has 2 aromatic rings. The number of aromatic nitrogens is 1. The summed E-state index contributed by atoms with van der Waals surface area (Å²) < 4.78 is 3.03. The molecule has 1 unspecified atom stereocenters. The van der Waals surface area contributed by atoms with Crippen molar-refractivity contribution in [1.82, 2.24) is 0 Å². The van der Waals surface area contributed by atoms with Crippen LogP contribution in [0.4, 0.5) is 5.69 Å². The second-order valence-corrected chi connectivity index (χ2v) is 6.69. The van der Waals surface area contributed by atoms with E-state index < -0.39 is 0 Å². The van der Waals surface area contributed by atoms with Gasteiger partial charge in [0.1, 0.15) is 12.4 Å². The summed E-state index contributed by atoms with van der Waals surface area (Å²) >= 11 is 5.10. The summed E-state index contributed by atoms with van der Waals surface area (Å²) in [6, 6.07) is 12.0. The van der Waals surface area contributed by atoms with Crippen molar-refractivity contribution in [1.29, 1.82) is 0 Å². The van der Waals surface area contributed by atoms with Crippen LogP contribution in [0.15, 0.2) is 53.3 Å². The number of pyridine rings is 1. The molecule has 3 nitrogen and oxygen atoms in total. The largest absolute Gasteiger partial charge is 1.00 e. The van der Waals surface area contributed by atoms with Gasteiger partial charge in [0.2, 0.25) is 5.91 Å². The second-order valence-electron chi connectivity index (χ2n) is 4.71. The number of nitrogens with zero attached hydrogens (tertiary/aromatic N) is 2. The minimum absolute atomic E-state index is 0. The predicted octanol–water partition coefficient (Wildman–Crippen LogP) is 0.0562. The number of hydrogen-bond donors (Lipinski definition) is 0. The fourth-order valence-corrected chi connectivity index (χ4v) is 3.73. The molecule has 1 atom stereocenters. The molecular formula is C15H14BrIN2OS. The normalized spacial score (nSPS) is 17.7. The summed E-state index contributed by atoms with van der Waals surface area (Å²) in [5.41, 5.74) is 2.09. The Kier molecular flexibility index (Phi) is 5.67. The number of halogens is 2. The Morgan fingerprint density at radius 1 is 1.29 bits per heavy atom. The number of benzene rings is 1. The molecule has 0 saturated carbocycles. The number of carbonyl (C=O) groups excluding carboxylic acids is 1. The first-order valence-corrected chi connectivity index (χ1v) is 8.14. The highest BCUT2D eigenvalue weighted by atomic mass is 127. The highest BCUT2D eigenvalue weighted by molar-refractivity contribution is 9.10. The van der Waals surface area contributed by atoms with Crippen LogP contribution in [0.25, 0.3) is 0 Å². The lowest BCUT2D eigenvalue weighted by Gasteiger charge is -2.23. The molecule has 21 heavy (non-hydrogen) atoms. The number of amides is 1. The van der Waals surface area contributed by atoms with Crippen LogP contribution in [0, 0.1) is 0 Å². The average Bonchev–Trinajstić information content (AvgIpc) is 2.82. The number of aryl methyl sites for hydroxylation is 1. The van der Waals surface area contributed by atoms with Crippen molar-refractivity contribution in [3.8, 4) is 0 Å². The van der Waals surface area contributed by atoms with E-state index in [1.807, 2.05) is 53.0 Å². The van der Waals surface area contributed by atoms with Crippen LogP contribution in [-0.4, -0.2) is 11.7 Å². The van der Waals surface area contributed by atoms with Crippen LogP contribution < -0.4 is 33.4 Å². The molecule has 2 heterocycles. The number of anilines is 1. The average molecular weight is 477 g/mol. The number of thioether (sulfide) groups is 1. The van der Waals surface area contributed by atoms with Gasteiger partial charge >= 0.3 is 0 Å². The highest BCUT2D eigenvalue weighted by Crippen LogP contribution is 2.41. The van der Waals surface area contributed by atoms with Gasteiger partial charge in [-0.1, -0.05) is 15.9 Å². The Balaban J connectivity index is 0.00000161. The van der Waals surface area contributed by atoms with E-state index in [0.29, 0.717) is 5.75 Å². The zero-order valence-electron chi connectivity index (χ0n) is 11.4. The molecular weight excluding hydrogens is 463 g/mol. The van der Waals surface area contributed by atoms with Gasteiger partial charge in [-0.25, -0.2) is 4.57 Å². The van der Waals surface area contributed by atoms with E-state index in [0.717, 1.165) is 15.7 Å². The first-order chi connectivity index (χ1) is 9.65. The lowest BCUT2D eigenvalue weighted by atomic mass is 10.2. The third-order valence-electron chi connectivity index (χ3n) is 3.22. The van der Waals surface area contributed by atoms with E-state index in [-0.39, 0.29) is 35.3 Å². The SMILES string of the molecule is C[n+]1cccc(C2SCC(=O)N2c2ccc(Br)cc2)c1.[I-]. The van der Waals surface area contributed by atoms with E-state index >= 15 is 0 Å². The molecule has 0 N–H and O–H groups in total. The molecule has 1 saturated heterocycles. The topological polar surface area (TPSA) is 24.2 Å². The Morgan fingerprint density at radius 3 is 2.67 bits per heavy atom. The second kappa shape index (κ2) is 7.11. The van der Waals surface area contributed by atoms with Crippen molar-refractivity contribution < 1.29 is 33.3 Å². The Bertz CT molecular complexity index is 650. The summed E-state index contributed by atoms with van der Waals surface area (Å²) in [6.07, 6.45) is 4.07. The molecule has 110 valence electrons. The minimum Gasteiger partial charge on any atom is -1.00 e. The maximum absolute atomic E-state index is 12.2. The van der Waals surface area contributed by atoms with Crippen molar-refractivity contribution >= 4 is 39.3 Å². The summed E-state index contributed by atoms with van der Waals surface area (Å²) in [6.45, 7) is 0. The lowest BCUT2D eigenvalue weighted by Crippen LogP contribution is -3.00. The number of hydrogen-bond acceptors (Lipinski definition) is 2. The molecule has 1 aliphatic rings. The van der Waals surface area contributed by atoms with E-state index in [2.05, 4.69) is 28.2 Å². The molecule has 1 aliphatic heterocycles. The third-order valence-corrected chi connectivity index (χ3v) is 4.96. The first kappa shape index (κ1) is 16.8. The van der Waals surface area contributed by atoms with Gasteiger partial charge in [-0.2, -0.15) is 0 Å². The smallest absolute Gasteiger partial charge is 0.238 e. The summed E-state index contributed by atoms with van der Waals surface area (Å²) in [7, 11) is 1.99. The van der Waals surface area contributed by atoms with Crippen molar-refractivity contribution in [2.75, 3.05) is 10.7 Å². The van der Waals surface area contributed by atoms with Gasteiger partial charge < -0.3 is 24.0 Å². The molecule has 1 aromatic carbocycles. The van der Waals surface area contributed by atoms with Gasteiger partial charge in [0, 0.05) is 21.8 Å². The lowest BCUT2D eigenvalue weighted by molar-refractivity contribution is -0.671. The predicted molar refractivity (Wildman–Crippen MR) is 84.4 cm³/mol. The van der Waals surface area contributed by atoms with E-state index in [1.165, 1.54) is 0 Å². The quantitative estimate of drug-likeness (QED) is 0.452. The molecule has 1 amide bonds. The van der Waals surface area contributed by atoms with Crippen molar-refractivity contribution in [3.63, 3.8) is 0 Å². The molecule has 1 fully saturated rings. The maximum atomic E-state index is 12.2. The van der Waals surface area contributed by atoms with Gasteiger partial charge in [0.05, 0.1) is 5.75 Å². The van der Waals surface area contributed by atoms with Crippen molar-refractivity contribution in [3.05, 3.63) is 58.8 Å². The minimum atomic E-state index is 0. The summed E-state index contributed by atoms with van der Waals surface area (Å²) in [5.74, 6) is 0.688. The fraction of sp³-hybridized carbons (Fsp3) is 0.200. The monoisotopic (exact) mass is 476 g/mol. The van der Waals surface area contributed by atoms with Gasteiger partial charge in [0.25, 0.3) is 0 Å². The zero-order valence-corrected chi connectivity index (χ0v) is 15.9. The molecule has 0 bridgehead atoms. The van der Waals surface area contributed by atoms with Crippen molar-refractivity contribution in [2.45, 2.75) is 5.37 Å². The van der Waals surface area contributed by atoms with E-state index in [4.69, 9.17) is 0 Å². The van der Waals surface area contributed by atoms with Crippen LogP contribution in [0.1, 0.15) is 10.9 Å². The molecule has 0 aliphatic carbocycles. The van der Waals surface area contributed by atoms with Gasteiger partial charge in [0.15, 0.2) is 12.4 Å². The van der Waals surface area contributed by atoms with E-state index in [1.54, 1.807) is 11.8 Å². The van der Waals surface area contributed by atoms with E-state index in [9.17, 15) is 4.79 Å². The Hall–Kier alpha value is -0.600. The zero-order chi connectivity index (χ0) is 14.1. The standard InChI is InChI=1S/C15H14BrN2OS.HI/c1-17-8-2-3-11(9-17)15-18(14(19)10-20-15)13-6-4-12(16)5-7-13;/h2-9,15H,10H2,1H3;1H/q+1;/p-1. The van der Waals surface area contributed by atoms with Crippen LogP contribution >= 0.6 is 27.7 Å². The summed E-state index contributed by atoms with van der Waals surface area (Å²) in [4.78, 5) is 14.1. The van der Waals surface area contributed by atoms with Gasteiger partial charge in [-0.3, -0.25) is 9.69 Å². The highest BCUT2D eigenvalue weighted by Gasteiger charge is 2.34. The Morgan fingerprint density at radius 2 is 2.00 bits per heavy atom. The molecule has 0 radical (unpaired) electrons. The van der Waals surface area contributed by atoms with Crippen LogP contribution in [0.3, 0.4) is 0 Å². The number of rotatable bonds is 2. The van der Waals surface area contributed by atoms with Crippen molar-refractivity contribution in [2.24, 2.45) is 7.05 Å².